The van der Waals surface area contributed by atoms with E-state index in [9.17, 15) is 18.0 Å². The van der Waals surface area contributed by atoms with Crippen LogP contribution in [0.2, 0.25) is 0 Å². The van der Waals surface area contributed by atoms with Gasteiger partial charge in [-0.2, -0.15) is 0 Å². The van der Waals surface area contributed by atoms with Crippen LogP contribution in [0.3, 0.4) is 0 Å². The normalized spacial score (nSPS) is 12.2. The van der Waals surface area contributed by atoms with Crippen LogP contribution < -0.4 is 10.1 Å². The number of sulfone groups is 1. The third-order valence-corrected chi connectivity index (χ3v) is 6.44. The fourth-order valence-corrected chi connectivity index (χ4v) is 4.60. The Morgan fingerprint density at radius 3 is 2.47 bits per heavy atom. The molecule has 1 aromatic heterocycles. The van der Waals surface area contributed by atoms with Gasteiger partial charge in [0.25, 0.3) is 0 Å². The molecule has 168 valence electrons. The average Bonchev–Trinajstić information content (AvgIpc) is 3.27. The minimum Gasteiger partial charge on any atom is -0.496 e. The highest BCUT2D eigenvalue weighted by Gasteiger charge is 2.21. The summed E-state index contributed by atoms with van der Waals surface area (Å²) in [5, 5.41) is 2.73. The first-order valence-electron chi connectivity index (χ1n) is 9.94. The van der Waals surface area contributed by atoms with E-state index in [1.165, 1.54) is 20.1 Å². The number of nitrogens with zero attached hydrogens (tertiary/aromatic N) is 2. The molecule has 8 nitrogen and oxygen atoms in total. The number of carbonyl (C=O) groups is 2. The van der Waals surface area contributed by atoms with Crippen molar-refractivity contribution >= 4 is 21.5 Å². The predicted octanol–water partition coefficient (Wildman–Crippen LogP) is 2.88. The molecule has 2 aromatic carbocycles. The molecule has 0 unspecified atom stereocenters. The van der Waals surface area contributed by atoms with E-state index in [4.69, 9.17) is 4.74 Å². The molecule has 32 heavy (non-hydrogen) atoms. The summed E-state index contributed by atoms with van der Waals surface area (Å²) in [5.74, 6) is -1.50. The van der Waals surface area contributed by atoms with Crippen LogP contribution in [0.4, 0.5) is 0 Å². The lowest BCUT2D eigenvalue weighted by atomic mass is 10.1. The van der Waals surface area contributed by atoms with Gasteiger partial charge >= 0.3 is 0 Å². The molecule has 3 aromatic rings. The molecule has 0 spiro atoms. The van der Waals surface area contributed by atoms with Crippen LogP contribution in [-0.2, 0) is 20.4 Å². The molecule has 0 radical (unpaired) electrons. The van der Waals surface area contributed by atoms with Crippen LogP contribution >= 0.6 is 0 Å². The molecule has 0 saturated carbocycles. The molecule has 0 bridgehead atoms. The summed E-state index contributed by atoms with van der Waals surface area (Å²) >= 11 is 0. The Bertz CT molecular complexity index is 1200. The number of nitrogens with one attached hydrogen (secondary N) is 1. The summed E-state index contributed by atoms with van der Waals surface area (Å²) in [6.45, 7) is 3.19. The van der Waals surface area contributed by atoms with E-state index in [0.29, 0.717) is 16.9 Å². The lowest BCUT2D eigenvalue weighted by Gasteiger charge is -2.16. The predicted molar refractivity (Wildman–Crippen MR) is 121 cm³/mol. The fraction of sp³-hybridized carbons (Fsp3) is 0.261. The molecule has 1 atom stereocenters. The minimum atomic E-state index is -3.79. The van der Waals surface area contributed by atoms with E-state index >= 15 is 0 Å². The van der Waals surface area contributed by atoms with Crippen LogP contribution in [0.1, 0.15) is 41.4 Å². The van der Waals surface area contributed by atoms with Crippen molar-refractivity contribution in [1.82, 2.24) is 14.9 Å². The molecule has 0 saturated heterocycles. The Labute approximate surface area is 187 Å². The molecule has 3 rings (SSSR count). The van der Waals surface area contributed by atoms with Crippen LogP contribution in [0.15, 0.2) is 61.2 Å². The van der Waals surface area contributed by atoms with Crippen molar-refractivity contribution < 1.29 is 22.7 Å². The Hall–Kier alpha value is -3.46. The number of amides is 1. The first-order chi connectivity index (χ1) is 15.2. The summed E-state index contributed by atoms with van der Waals surface area (Å²) in [5.41, 5.74) is 2.49. The van der Waals surface area contributed by atoms with E-state index in [1.807, 2.05) is 35.0 Å². The topological polar surface area (TPSA) is 107 Å². The molecule has 0 aliphatic rings. The van der Waals surface area contributed by atoms with Crippen LogP contribution in [0.5, 0.6) is 5.75 Å². The van der Waals surface area contributed by atoms with Gasteiger partial charge in [0.2, 0.25) is 5.91 Å². The number of methoxy groups -OCH3 is 1. The first-order valence-corrected chi connectivity index (χ1v) is 11.8. The lowest BCUT2D eigenvalue weighted by Crippen LogP contribution is -2.32. The molecule has 1 amide bonds. The minimum absolute atomic E-state index is 0.183. The zero-order chi connectivity index (χ0) is 23.3. The summed E-state index contributed by atoms with van der Waals surface area (Å²) in [6, 6.07) is 11.8. The maximum atomic E-state index is 12.6. The second kappa shape index (κ2) is 9.78. The zero-order valence-electron chi connectivity index (χ0n) is 18.1. The number of ether oxygens (including phenoxy) is 1. The Morgan fingerprint density at radius 1 is 1.16 bits per heavy atom. The van der Waals surface area contributed by atoms with E-state index < -0.39 is 27.3 Å². The molecular weight excluding hydrogens is 430 g/mol. The molecule has 9 heteroatoms. The van der Waals surface area contributed by atoms with Gasteiger partial charge in [-0.25, -0.2) is 13.4 Å². The van der Waals surface area contributed by atoms with Gasteiger partial charge in [0, 0.05) is 29.2 Å². The Balaban J connectivity index is 1.65. The largest absolute Gasteiger partial charge is 0.496 e. The highest BCUT2D eigenvalue weighted by atomic mass is 32.2. The van der Waals surface area contributed by atoms with Gasteiger partial charge in [-0.3, -0.25) is 9.59 Å². The number of carbonyl (C=O) groups excluding carboxylic acids is 2. The SMILES string of the molecule is COc1ccc(C(C)=O)cc1CS(=O)(=O)CC(=O)N[C@@H](C)c1ccc(-n2ccnc2)cc1. The van der Waals surface area contributed by atoms with Crippen LogP contribution in [-0.4, -0.2) is 42.5 Å². The zero-order valence-corrected chi connectivity index (χ0v) is 18.9. The summed E-state index contributed by atoms with van der Waals surface area (Å²) in [7, 11) is -2.36. The molecule has 0 aliphatic heterocycles. The van der Waals surface area contributed by atoms with Crippen molar-refractivity contribution in [3.63, 3.8) is 0 Å². The van der Waals surface area contributed by atoms with Gasteiger partial charge in [0.15, 0.2) is 15.6 Å². The summed E-state index contributed by atoms with van der Waals surface area (Å²) < 4.78 is 32.4. The van der Waals surface area contributed by atoms with E-state index in [1.54, 1.807) is 31.6 Å². The van der Waals surface area contributed by atoms with Crippen molar-refractivity contribution in [2.45, 2.75) is 25.6 Å². The van der Waals surface area contributed by atoms with Crippen molar-refractivity contribution in [2.24, 2.45) is 0 Å². The van der Waals surface area contributed by atoms with Gasteiger partial charge in [-0.05, 0) is 49.7 Å². The van der Waals surface area contributed by atoms with Gasteiger partial charge in [-0.15, -0.1) is 0 Å². The van der Waals surface area contributed by atoms with Crippen LogP contribution in [0.25, 0.3) is 5.69 Å². The fourth-order valence-electron chi connectivity index (χ4n) is 3.31. The number of benzene rings is 2. The highest BCUT2D eigenvalue weighted by molar-refractivity contribution is 7.91. The number of hydrogen-bond acceptors (Lipinski definition) is 6. The van der Waals surface area contributed by atoms with Gasteiger partial charge < -0.3 is 14.6 Å². The highest BCUT2D eigenvalue weighted by Crippen LogP contribution is 2.23. The number of imidazole rings is 1. The lowest BCUT2D eigenvalue weighted by molar-refractivity contribution is -0.119. The summed E-state index contributed by atoms with van der Waals surface area (Å²) in [4.78, 5) is 28.1. The molecule has 0 fully saturated rings. The monoisotopic (exact) mass is 455 g/mol. The quantitative estimate of drug-likeness (QED) is 0.497. The number of ketones is 1. The standard InChI is InChI=1S/C23H25N3O5S/c1-16(18-4-7-21(8-5-18)26-11-10-24-15-26)25-23(28)14-32(29,30)13-20-12-19(17(2)27)6-9-22(20)31-3/h4-12,15-16H,13-14H2,1-3H3,(H,25,28)/t16-/m0/s1. The van der Waals surface area contributed by atoms with Crippen molar-refractivity contribution in [3.8, 4) is 11.4 Å². The van der Waals surface area contributed by atoms with E-state index in [-0.39, 0.29) is 11.8 Å². The molecular formula is C23H25N3O5S. The summed E-state index contributed by atoms with van der Waals surface area (Å²) in [6.07, 6.45) is 5.20. The second-order valence-electron chi connectivity index (χ2n) is 7.47. The van der Waals surface area contributed by atoms with Crippen molar-refractivity contribution in [2.75, 3.05) is 12.9 Å². The number of rotatable bonds is 9. The number of Topliss-reactive ketones (excluding diaryl/α,β-unsaturated/α-hetero) is 1. The maximum Gasteiger partial charge on any atom is 0.235 e. The Morgan fingerprint density at radius 2 is 1.88 bits per heavy atom. The van der Waals surface area contributed by atoms with Crippen molar-refractivity contribution in [1.29, 1.82) is 0 Å². The van der Waals surface area contributed by atoms with Crippen LogP contribution in [0, 0.1) is 0 Å². The molecule has 1 N–H and O–H groups in total. The Kier molecular flexibility index (Phi) is 7.09. The third-order valence-electron chi connectivity index (χ3n) is 4.99. The smallest absolute Gasteiger partial charge is 0.235 e. The van der Waals surface area contributed by atoms with E-state index in [2.05, 4.69) is 10.3 Å². The van der Waals surface area contributed by atoms with Gasteiger partial charge in [0.05, 0.1) is 25.2 Å². The third kappa shape index (κ3) is 5.82. The average molecular weight is 456 g/mol. The van der Waals surface area contributed by atoms with Gasteiger partial charge in [0.1, 0.15) is 11.5 Å². The van der Waals surface area contributed by atoms with Gasteiger partial charge in [-0.1, -0.05) is 12.1 Å². The molecule has 1 heterocycles. The maximum absolute atomic E-state index is 12.6. The first kappa shape index (κ1) is 23.2. The number of aromatic nitrogens is 2. The number of hydrogen-bond donors (Lipinski definition) is 1. The second-order valence-corrected chi connectivity index (χ2v) is 9.53. The molecule has 0 aliphatic carbocycles. The van der Waals surface area contributed by atoms with Crippen molar-refractivity contribution in [3.05, 3.63) is 77.9 Å². The van der Waals surface area contributed by atoms with E-state index in [0.717, 1.165) is 11.3 Å².